The second-order valence-corrected chi connectivity index (χ2v) is 7.26. The maximum absolute atomic E-state index is 13.0. The fourth-order valence-corrected chi connectivity index (χ4v) is 4.45. The van der Waals surface area contributed by atoms with E-state index in [0.29, 0.717) is 12.5 Å². The molecule has 6 nitrogen and oxygen atoms in total. The number of nitrogens with two attached hydrogens (primary N) is 1. The van der Waals surface area contributed by atoms with Crippen LogP contribution in [0.2, 0.25) is 0 Å². The van der Waals surface area contributed by atoms with Crippen LogP contribution in [0.3, 0.4) is 0 Å². The number of likely N-dealkylation sites (tertiary alicyclic amines) is 1. The first-order valence-corrected chi connectivity index (χ1v) is 9.09. The fraction of sp³-hybridized carbons (Fsp3) is 0.562. The highest BCUT2D eigenvalue weighted by Gasteiger charge is 2.37. The molecule has 2 saturated heterocycles. The molecule has 7 heteroatoms. The van der Waals surface area contributed by atoms with Gasteiger partial charge in [-0.1, -0.05) is 0 Å². The molecule has 4 rings (SSSR count). The normalized spacial score (nSPS) is 24.7. The van der Waals surface area contributed by atoms with Gasteiger partial charge in [-0.2, -0.15) is 0 Å². The molecule has 2 N–H and O–H groups in total. The number of anilines is 1. The average molecular weight is 331 g/mol. The van der Waals surface area contributed by atoms with Gasteiger partial charge in [0.2, 0.25) is 5.91 Å². The molecular formula is C16H21N5OS. The Kier molecular flexibility index (Phi) is 3.90. The Hall–Kier alpha value is -1.73. The number of thiophene rings is 1. The number of aromatic nitrogens is 2. The first-order valence-electron chi connectivity index (χ1n) is 8.21. The van der Waals surface area contributed by atoms with Crippen molar-refractivity contribution in [2.45, 2.75) is 25.3 Å². The van der Waals surface area contributed by atoms with Crippen molar-refractivity contribution in [1.29, 1.82) is 0 Å². The van der Waals surface area contributed by atoms with Crippen LogP contribution < -0.4 is 10.6 Å². The van der Waals surface area contributed by atoms with E-state index in [0.717, 1.165) is 54.9 Å². The zero-order chi connectivity index (χ0) is 15.8. The lowest BCUT2D eigenvalue weighted by Gasteiger charge is -2.29. The molecule has 0 aromatic carbocycles. The van der Waals surface area contributed by atoms with Gasteiger partial charge in [0.05, 0.1) is 5.39 Å². The summed E-state index contributed by atoms with van der Waals surface area (Å²) in [7, 11) is 0. The molecule has 2 aromatic rings. The third-order valence-electron chi connectivity index (χ3n) is 4.98. The van der Waals surface area contributed by atoms with Crippen LogP contribution in [-0.4, -0.2) is 53.0 Å². The summed E-state index contributed by atoms with van der Waals surface area (Å²) in [5.74, 6) is 1.60. The van der Waals surface area contributed by atoms with E-state index >= 15 is 0 Å². The van der Waals surface area contributed by atoms with Gasteiger partial charge in [-0.3, -0.25) is 4.79 Å². The first kappa shape index (κ1) is 14.8. The molecule has 2 unspecified atom stereocenters. The summed E-state index contributed by atoms with van der Waals surface area (Å²) < 4.78 is 0. The lowest BCUT2D eigenvalue weighted by Crippen LogP contribution is -2.45. The quantitative estimate of drug-likeness (QED) is 0.922. The van der Waals surface area contributed by atoms with Gasteiger partial charge < -0.3 is 15.5 Å². The van der Waals surface area contributed by atoms with E-state index in [1.807, 2.05) is 10.3 Å². The molecule has 23 heavy (non-hydrogen) atoms. The largest absolute Gasteiger partial charge is 0.344 e. The van der Waals surface area contributed by atoms with Crippen LogP contribution in [0.4, 0.5) is 5.82 Å². The summed E-state index contributed by atoms with van der Waals surface area (Å²) in [6.45, 7) is 3.19. The number of amides is 1. The van der Waals surface area contributed by atoms with E-state index in [1.165, 1.54) is 0 Å². The minimum Gasteiger partial charge on any atom is -0.344 e. The summed E-state index contributed by atoms with van der Waals surface area (Å²) in [5.41, 5.74) is 5.75. The van der Waals surface area contributed by atoms with Crippen molar-refractivity contribution < 1.29 is 4.79 Å². The minimum atomic E-state index is -0.0930. The predicted molar refractivity (Wildman–Crippen MR) is 91.5 cm³/mol. The van der Waals surface area contributed by atoms with Crippen molar-refractivity contribution in [2.75, 3.05) is 31.1 Å². The number of nitrogens with zero attached hydrogens (tertiary/aromatic N) is 4. The van der Waals surface area contributed by atoms with E-state index in [1.54, 1.807) is 17.7 Å². The molecule has 0 bridgehead atoms. The minimum absolute atomic E-state index is 0.0930. The zero-order valence-corrected chi connectivity index (χ0v) is 13.8. The maximum atomic E-state index is 13.0. The summed E-state index contributed by atoms with van der Waals surface area (Å²) >= 11 is 1.61. The molecule has 2 aliphatic heterocycles. The molecule has 0 aliphatic carbocycles. The van der Waals surface area contributed by atoms with Gasteiger partial charge in [-0.15, -0.1) is 11.3 Å². The number of hydrogen-bond donors (Lipinski definition) is 1. The van der Waals surface area contributed by atoms with Crippen molar-refractivity contribution >= 4 is 33.3 Å². The second kappa shape index (κ2) is 6.05. The van der Waals surface area contributed by atoms with Crippen LogP contribution in [-0.2, 0) is 4.79 Å². The van der Waals surface area contributed by atoms with Gasteiger partial charge in [-0.25, -0.2) is 9.97 Å². The van der Waals surface area contributed by atoms with Gasteiger partial charge in [-0.05, 0) is 43.2 Å². The Morgan fingerprint density at radius 3 is 3.09 bits per heavy atom. The highest BCUT2D eigenvalue weighted by molar-refractivity contribution is 7.16. The molecule has 122 valence electrons. The van der Waals surface area contributed by atoms with Crippen molar-refractivity contribution in [3.8, 4) is 0 Å². The summed E-state index contributed by atoms with van der Waals surface area (Å²) in [5, 5.41) is 3.08. The van der Waals surface area contributed by atoms with Crippen LogP contribution in [0, 0.1) is 5.92 Å². The van der Waals surface area contributed by atoms with Gasteiger partial charge in [0.1, 0.15) is 23.0 Å². The average Bonchev–Trinajstić information content (AvgIpc) is 3.32. The maximum Gasteiger partial charge on any atom is 0.245 e. The molecule has 1 amide bonds. The Bertz CT molecular complexity index is 717. The summed E-state index contributed by atoms with van der Waals surface area (Å²) in [6.07, 6.45) is 4.56. The first-order chi connectivity index (χ1) is 11.3. The lowest BCUT2D eigenvalue weighted by molar-refractivity contribution is -0.131. The monoisotopic (exact) mass is 331 g/mol. The SMILES string of the molecule is NCC1CCN(C(=O)C2CCCN2c2ncnc3sccc23)C1. The van der Waals surface area contributed by atoms with Crippen molar-refractivity contribution in [2.24, 2.45) is 11.7 Å². The Morgan fingerprint density at radius 1 is 1.35 bits per heavy atom. The van der Waals surface area contributed by atoms with Crippen LogP contribution in [0.25, 0.3) is 10.2 Å². The molecule has 2 aromatic heterocycles. The van der Waals surface area contributed by atoms with Crippen LogP contribution in [0.5, 0.6) is 0 Å². The number of fused-ring (bicyclic) bond motifs is 1. The Labute approximate surface area is 139 Å². The van der Waals surface area contributed by atoms with Gasteiger partial charge in [0.15, 0.2) is 0 Å². The van der Waals surface area contributed by atoms with E-state index in [4.69, 9.17) is 5.73 Å². The molecule has 0 radical (unpaired) electrons. The summed E-state index contributed by atoms with van der Waals surface area (Å²) in [6, 6.07) is 1.96. The summed E-state index contributed by atoms with van der Waals surface area (Å²) in [4.78, 5) is 26.9. The van der Waals surface area contributed by atoms with Crippen molar-refractivity contribution in [3.63, 3.8) is 0 Å². The van der Waals surface area contributed by atoms with E-state index in [2.05, 4.69) is 20.9 Å². The number of hydrogen-bond acceptors (Lipinski definition) is 6. The third-order valence-corrected chi connectivity index (χ3v) is 5.80. The zero-order valence-electron chi connectivity index (χ0n) is 13.0. The van der Waals surface area contributed by atoms with Crippen LogP contribution in [0.1, 0.15) is 19.3 Å². The third kappa shape index (κ3) is 2.57. The van der Waals surface area contributed by atoms with E-state index < -0.39 is 0 Å². The van der Waals surface area contributed by atoms with Crippen LogP contribution in [0.15, 0.2) is 17.8 Å². The van der Waals surface area contributed by atoms with E-state index in [-0.39, 0.29) is 11.9 Å². The van der Waals surface area contributed by atoms with Crippen molar-refractivity contribution in [3.05, 3.63) is 17.8 Å². The van der Waals surface area contributed by atoms with Crippen molar-refractivity contribution in [1.82, 2.24) is 14.9 Å². The number of carbonyl (C=O) groups is 1. The van der Waals surface area contributed by atoms with Gasteiger partial charge in [0, 0.05) is 19.6 Å². The van der Waals surface area contributed by atoms with Gasteiger partial charge >= 0.3 is 0 Å². The Morgan fingerprint density at radius 2 is 2.26 bits per heavy atom. The number of rotatable bonds is 3. The van der Waals surface area contributed by atoms with E-state index in [9.17, 15) is 4.79 Å². The standard InChI is InChI=1S/C16H21N5OS/c17-8-11-3-6-20(9-11)16(22)13-2-1-5-21(13)14-12-4-7-23-15(12)19-10-18-14/h4,7,10-11,13H,1-3,5-6,8-9,17H2. The molecule has 2 atom stereocenters. The smallest absolute Gasteiger partial charge is 0.245 e. The van der Waals surface area contributed by atoms with Crippen LogP contribution >= 0.6 is 11.3 Å². The van der Waals surface area contributed by atoms with Gasteiger partial charge in [0.25, 0.3) is 0 Å². The molecule has 4 heterocycles. The molecule has 2 fully saturated rings. The highest BCUT2D eigenvalue weighted by Crippen LogP contribution is 2.32. The molecular weight excluding hydrogens is 310 g/mol. The molecule has 0 spiro atoms. The lowest BCUT2D eigenvalue weighted by atomic mass is 10.1. The molecule has 2 aliphatic rings. The highest BCUT2D eigenvalue weighted by atomic mass is 32.1. The topological polar surface area (TPSA) is 75.3 Å². The fourth-order valence-electron chi connectivity index (χ4n) is 3.72. The Balaban J connectivity index is 1.59. The number of carbonyl (C=O) groups excluding carboxylic acids is 1. The predicted octanol–water partition coefficient (Wildman–Crippen LogP) is 1.47. The molecule has 0 saturated carbocycles. The second-order valence-electron chi connectivity index (χ2n) is 6.36.